The summed E-state index contributed by atoms with van der Waals surface area (Å²) in [4.78, 5) is 10.9. The highest BCUT2D eigenvalue weighted by Crippen LogP contribution is 2.39. The van der Waals surface area contributed by atoms with E-state index in [-0.39, 0.29) is 17.1 Å². The first-order valence-corrected chi connectivity index (χ1v) is 10.1. The van der Waals surface area contributed by atoms with Crippen molar-refractivity contribution in [1.82, 2.24) is 4.31 Å². The van der Waals surface area contributed by atoms with Crippen LogP contribution in [0, 0.1) is 10.1 Å². The van der Waals surface area contributed by atoms with Gasteiger partial charge in [-0.05, 0) is 23.3 Å². The van der Waals surface area contributed by atoms with Gasteiger partial charge in [-0.15, -0.1) is 0 Å². The lowest BCUT2D eigenvalue weighted by atomic mass is 10.1. The molecule has 0 saturated heterocycles. The SMILES string of the molecule is O=[N+]([O-])c1cccc([C@@H]2Nc3ccccc3S(=O)(=O)N2Cc2ccccc2)c1. The van der Waals surface area contributed by atoms with Gasteiger partial charge >= 0.3 is 0 Å². The Kier molecular flexibility index (Phi) is 4.58. The molecule has 0 aromatic heterocycles. The fourth-order valence-corrected chi connectivity index (χ4v) is 4.97. The number of hydrogen-bond donors (Lipinski definition) is 1. The summed E-state index contributed by atoms with van der Waals surface area (Å²) < 4.78 is 28.1. The summed E-state index contributed by atoms with van der Waals surface area (Å²) in [6, 6.07) is 21.9. The van der Waals surface area contributed by atoms with Crippen LogP contribution in [-0.2, 0) is 16.6 Å². The van der Waals surface area contributed by atoms with Crippen molar-refractivity contribution in [1.29, 1.82) is 0 Å². The van der Waals surface area contributed by atoms with Crippen LogP contribution in [0.2, 0.25) is 0 Å². The Morgan fingerprint density at radius 3 is 2.43 bits per heavy atom. The molecular weight excluding hydrogens is 378 g/mol. The first-order valence-electron chi connectivity index (χ1n) is 8.62. The molecule has 0 spiro atoms. The van der Waals surface area contributed by atoms with E-state index in [9.17, 15) is 18.5 Å². The molecular formula is C20H17N3O4S. The van der Waals surface area contributed by atoms with Gasteiger partial charge in [0, 0.05) is 18.7 Å². The number of anilines is 1. The van der Waals surface area contributed by atoms with Gasteiger partial charge < -0.3 is 5.32 Å². The lowest BCUT2D eigenvalue weighted by molar-refractivity contribution is -0.384. The maximum Gasteiger partial charge on any atom is 0.269 e. The van der Waals surface area contributed by atoms with Crippen molar-refractivity contribution in [2.24, 2.45) is 0 Å². The Hall–Kier alpha value is -3.23. The van der Waals surface area contributed by atoms with Crippen LogP contribution in [0.1, 0.15) is 17.3 Å². The number of nitrogens with zero attached hydrogens (tertiary/aromatic N) is 2. The third-order valence-electron chi connectivity index (χ3n) is 4.63. The molecule has 0 saturated carbocycles. The number of non-ortho nitro benzene ring substituents is 1. The predicted molar refractivity (Wildman–Crippen MR) is 105 cm³/mol. The van der Waals surface area contributed by atoms with Crippen LogP contribution in [0.15, 0.2) is 83.8 Å². The molecule has 1 aliphatic heterocycles. The number of nitrogens with one attached hydrogen (secondary N) is 1. The topological polar surface area (TPSA) is 92.5 Å². The van der Waals surface area contributed by atoms with Crippen molar-refractivity contribution in [2.45, 2.75) is 17.6 Å². The molecule has 0 radical (unpaired) electrons. The molecule has 1 N–H and O–H groups in total. The number of para-hydroxylation sites is 1. The van der Waals surface area contributed by atoms with Crippen LogP contribution in [0.3, 0.4) is 0 Å². The smallest absolute Gasteiger partial charge is 0.269 e. The Morgan fingerprint density at radius 2 is 1.68 bits per heavy atom. The zero-order chi connectivity index (χ0) is 19.7. The van der Waals surface area contributed by atoms with E-state index in [2.05, 4.69) is 5.32 Å². The monoisotopic (exact) mass is 395 g/mol. The van der Waals surface area contributed by atoms with Gasteiger partial charge in [-0.1, -0.05) is 54.6 Å². The zero-order valence-corrected chi connectivity index (χ0v) is 15.5. The maximum absolute atomic E-state index is 13.4. The minimum atomic E-state index is -3.81. The normalized spacial score (nSPS) is 18.1. The fourth-order valence-electron chi connectivity index (χ4n) is 3.29. The lowest BCUT2D eigenvalue weighted by Crippen LogP contribution is -2.42. The maximum atomic E-state index is 13.4. The number of nitro benzene ring substituents is 1. The van der Waals surface area contributed by atoms with Gasteiger partial charge in [0.2, 0.25) is 10.0 Å². The number of hydrogen-bond acceptors (Lipinski definition) is 5. The molecule has 4 rings (SSSR count). The molecule has 1 atom stereocenters. The summed E-state index contributed by atoms with van der Waals surface area (Å²) in [5, 5.41) is 14.4. The minimum absolute atomic E-state index is 0.0878. The van der Waals surface area contributed by atoms with Crippen LogP contribution >= 0.6 is 0 Å². The summed E-state index contributed by atoms with van der Waals surface area (Å²) >= 11 is 0. The third kappa shape index (κ3) is 3.23. The first kappa shape index (κ1) is 18.1. The van der Waals surface area contributed by atoms with Crippen molar-refractivity contribution < 1.29 is 13.3 Å². The summed E-state index contributed by atoms with van der Waals surface area (Å²) in [5.41, 5.74) is 1.71. The second kappa shape index (κ2) is 7.06. The van der Waals surface area contributed by atoms with E-state index in [0.717, 1.165) is 5.56 Å². The van der Waals surface area contributed by atoms with Gasteiger partial charge in [0.15, 0.2) is 0 Å². The molecule has 142 valence electrons. The Morgan fingerprint density at radius 1 is 0.964 bits per heavy atom. The van der Waals surface area contributed by atoms with Gasteiger partial charge in [0.05, 0.1) is 10.6 Å². The van der Waals surface area contributed by atoms with Crippen LogP contribution in [0.25, 0.3) is 0 Å². The molecule has 3 aromatic carbocycles. The molecule has 7 nitrogen and oxygen atoms in total. The van der Waals surface area contributed by atoms with Gasteiger partial charge in [-0.3, -0.25) is 10.1 Å². The highest BCUT2D eigenvalue weighted by atomic mass is 32.2. The Labute approximate surface area is 162 Å². The summed E-state index contributed by atoms with van der Waals surface area (Å²) in [6.07, 6.45) is -0.764. The number of rotatable bonds is 4. The molecule has 0 amide bonds. The lowest BCUT2D eigenvalue weighted by Gasteiger charge is -2.37. The molecule has 8 heteroatoms. The quantitative estimate of drug-likeness (QED) is 0.534. The van der Waals surface area contributed by atoms with Crippen LogP contribution in [0.5, 0.6) is 0 Å². The van der Waals surface area contributed by atoms with Crippen molar-refractivity contribution in [2.75, 3.05) is 5.32 Å². The molecule has 3 aromatic rings. The van der Waals surface area contributed by atoms with Gasteiger partial charge in [-0.25, -0.2) is 8.42 Å². The largest absolute Gasteiger partial charge is 0.364 e. The molecule has 0 aliphatic carbocycles. The van der Waals surface area contributed by atoms with Gasteiger partial charge in [-0.2, -0.15) is 4.31 Å². The zero-order valence-electron chi connectivity index (χ0n) is 14.7. The number of benzene rings is 3. The standard InChI is InChI=1S/C20H17N3O4S/c24-23(25)17-10-6-9-16(13-17)20-21-18-11-4-5-12-19(18)28(26,27)22(20)14-15-7-2-1-3-8-15/h1-13,20-21H,14H2/t20-/m1/s1. The van der Waals surface area contributed by atoms with E-state index < -0.39 is 21.1 Å². The molecule has 1 heterocycles. The summed E-state index contributed by atoms with van der Waals surface area (Å²) in [7, 11) is -3.81. The molecule has 1 aliphatic rings. The van der Waals surface area contributed by atoms with Crippen molar-refractivity contribution in [3.8, 4) is 0 Å². The van der Waals surface area contributed by atoms with Crippen LogP contribution in [0.4, 0.5) is 11.4 Å². The van der Waals surface area contributed by atoms with Crippen molar-refractivity contribution >= 4 is 21.4 Å². The number of fused-ring (bicyclic) bond motifs is 1. The summed E-state index contributed by atoms with van der Waals surface area (Å²) in [5.74, 6) is 0. The Bertz CT molecular complexity index is 1130. The highest BCUT2D eigenvalue weighted by molar-refractivity contribution is 7.89. The van der Waals surface area contributed by atoms with Crippen LogP contribution < -0.4 is 5.32 Å². The second-order valence-electron chi connectivity index (χ2n) is 6.43. The second-order valence-corrected chi connectivity index (χ2v) is 8.29. The van der Waals surface area contributed by atoms with Gasteiger partial charge in [0.1, 0.15) is 11.1 Å². The van der Waals surface area contributed by atoms with Crippen molar-refractivity contribution in [3.63, 3.8) is 0 Å². The van der Waals surface area contributed by atoms with E-state index >= 15 is 0 Å². The molecule has 28 heavy (non-hydrogen) atoms. The third-order valence-corrected chi connectivity index (χ3v) is 6.50. The van der Waals surface area contributed by atoms with E-state index in [0.29, 0.717) is 11.3 Å². The number of sulfonamides is 1. The Balaban J connectivity index is 1.85. The molecule has 0 fully saturated rings. The van der Waals surface area contributed by atoms with Crippen LogP contribution in [-0.4, -0.2) is 17.6 Å². The average Bonchev–Trinajstić information content (AvgIpc) is 2.71. The number of nitro groups is 1. The van der Waals surface area contributed by atoms with Gasteiger partial charge in [0.25, 0.3) is 5.69 Å². The summed E-state index contributed by atoms with van der Waals surface area (Å²) in [6.45, 7) is 0.137. The van der Waals surface area contributed by atoms with E-state index in [1.165, 1.54) is 16.4 Å². The van der Waals surface area contributed by atoms with E-state index in [4.69, 9.17) is 0 Å². The highest BCUT2D eigenvalue weighted by Gasteiger charge is 2.39. The predicted octanol–water partition coefficient (Wildman–Crippen LogP) is 3.91. The van der Waals surface area contributed by atoms with E-state index in [1.807, 2.05) is 30.3 Å². The fraction of sp³-hybridized carbons (Fsp3) is 0.100. The molecule has 0 unspecified atom stereocenters. The minimum Gasteiger partial charge on any atom is -0.364 e. The molecule has 0 bridgehead atoms. The van der Waals surface area contributed by atoms with E-state index in [1.54, 1.807) is 36.4 Å². The van der Waals surface area contributed by atoms with Crippen molar-refractivity contribution in [3.05, 3.63) is 100 Å². The average molecular weight is 395 g/mol. The first-order chi connectivity index (χ1) is 13.5.